The predicted octanol–water partition coefficient (Wildman–Crippen LogP) is 4.27. The van der Waals surface area contributed by atoms with Crippen molar-refractivity contribution in [1.29, 1.82) is 0 Å². The van der Waals surface area contributed by atoms with Crippen LogP contribution in [0.25, 0.3) is 5.57 Å². The van der Waals surface area contributed by atoms with Gasteiger partial charge in [-0.1, -0.05) is 12.5 Å². The first-order chi connectivity index (χ1) is 8.74. The van der Waals surface area contributed by atoms with Crippen LogP contribution in [-0.4, -0.2) is 19.6 Å². The van der Waals surface area contributed by atoms with Crippen LogP contribution >= 0.6 is 11.6 Å². The van der Waals surface area contributed by atoms with Gasteiger partial charge in [0.05, 0.1) is 19.6 Å². The maximum absolute atomic E-state index is 6.28. The summed E-state index contributed by atoms with van der Waals surface area (Å²) >= 11 is 6.28. The van der Waals surface area contributed by atoms with Crippen molar-refractivity contribution in [1.82, 2.24) is 0 Å². The average Bonchev–Trinajstić information content (AvgIpc) is 2.62. The molecule has 1 aromatic carbocycles. The lowest BCUT2D eigenvalue weighted by atomic mass is 10.00. The number of rotatable bonds is 3. The number of hydrogen-bond donors (Lipinski definition) is 0. The summed E-state index contributed by atoms with van der Waals surface area (Å²) in [6, 6.07) is 5.94. The molecule has 18 heavy (non-hydrogen) atoms. The van der Waals surface area contributed by atoms with Crippen molar-refractivity contribution < 1.29 is 9.47 Å². The Balaban J connectivity index is 2.36. The van der Waals surface area contributed by atoms with Gasteiger partial charge in [-0.05, 0) is 37.0 Å². The lowest BCUT2D eigenvalue weighted by Crippen LogP contribution is -1.95. The summed E-state index contributed by atoms with van der Waals surface area (Å²) in [5.74, 6) is 1.67. The molecule has 0 N–H and O–H groups in total. The molecule has 0 fully saturated rings. The van der Waals surface area contributed by atoms with Gasteiger partial charge >= 0.3 is 0 Å². The van der Waals surface area contributed by atoms with Crippen molar-refractivity contribution in [3.8, 4) is 11.5 Å². The highest BCUT2D eigenvalue weighted by molar-refractivity contribution is 6.22. The lowest BCUT2D eigenvalue weighted by molar-refractivity contribution is 0.393. The van der Waals surface area contributed by atoms with Crippen LogP contribution in [0, 0.1) is 0 Å². The van der Waals surface area contributed by atoms with Crippen LogP contribution < -0.4 is 9.47 Å². The van der Waals surface area contributed by atoms with Gasteiger partial charge in [0.2, 0.25) is 0 Å². The van der Waals surface area contributed by atoms with Crippen LogP contribution in [0.15, 0.2) is 24.3 Å². The first kappa shape index (κ1) is 13.3. The molecule has 2 rings (SSSR count). The summed E-state index contributed by atoms with van der Waals surface area (Å²) in [5, 5.41) is 0.134. The number of alkyl halides is 1. The van der Waals surface area contributed by atoms with Crippen LogP contribution in [-0.2, 0) is 0 Å². The van der Waals surface area contributed by atoms with E-state index in [2.05, 4.69) is 12.1 Å². The standard InChI is InChI=1S/C15H19ClO2/c1-17-13-7-8-14(15(10-13)18-2)11-5-3-4-6-12(16)9-11/h7-10,12H,3-6H2,1-2H3. The second kappa shape index (κ2) is 6.14. The topological polar surface area (TPSA) is 18.5 Å². The normalized spacial score (nSPS) is 19.9. The molecule has 0 spiro atoms. The zero-order chi connectivity index (χ0) is 13.0. The zero-order valence-corrected chi connectivity index (χ0v) is 11.7. The number of ether oxygens (including phenoxy) is 2. The molecule has 0 aliphatic heterocycles. The molecule has 1 aliphatic carbocycles. The Kier molecular flexibility index (Phi) is 4.54. The van der Waals surface area contributed by atoms with Gasteiger partial charge in [-0.2, -0.15) is 0 Å². The minimum atomic E-state index is 0.134. The average molecular weight is 267 g/mol. The number of hydrogen-bond acceptors (Lipinski definition) is 2. The van der Waals surface area contributed by atoms with E-state index in [1.165, 1.54) is 18.4 Å². The van der Waals surface area contributed by atoms with Gasteiger partial charge in [0.15, 0.2) is 0 Å². The van der Waals surface area contributed by atoms with Gasteiger partial charge in [-0.3, -0.25) is 0 Å². The molecule has 1 aromatic rings. The summed E-state index contributed by atoms with van der Waals surface area (Å²) < 4.78 is 10.7. The second-order valence-corrected chi connectivity index (χ2v) is 5.08. The fraction of sp³-hybridized carbons (Fsp3) is 0.467. The molecule has 1 unspecified atom stereocenters. The zero-order valence-electron chi connectivity index (χ0n) is 10.9. The van der Waals surface area contributed by atoms with Crippen molar-refractivity contribution in [3.05, 3.63) is 29.8 Å². The molecule has 0 heterocycles. The quantitative estimate of drug-likeness (QED) is 0.761. The highest BCUT2D eigenvalue weighted by Crippen LogP contribution is 2.35. The van der Waals surface area contributed by atoms with E-state index >= 15 is 0 Å². The number of methoxy groups -OCH3 is 2. The monoisotopic (exact) mass is 266 g/mol. The minimum absolute atomic E-state index is 0.134. The SMILES string of the molecule is COc1ccc(C2=CC(Cl)CCCC2)c(OC)c1. The van der Waals surface area contributed by atoms with E-state index in [1.54, 1.807) is 14.2 Å². The van der Waals surface area contributed by atoms with Crippen LogP contribution in [0.5, 0.6) is 11.5 Å². The molecular weight excluding hydrogens is 248 g/mol. The molecular formula is C15H19ClO2. The Hall–Kier alpha value is -1.15. The van der Waals surface area contributed by atoms with E-state index in [4.69, 9.17) is 21.1 Å². The highest BCUT2D eigenvalue weighted by Gasteiger charge is 2.14. The smallest absolute Gasteiger partial charge is 0.130 e. The summed E-state index contributed by atoms with van der Waals surface area (Å²) in [4.78, 5) is 0. The molecule has 2 nitrogen and oxygen atoms in total. The highest BCUT2D eigenvalue weighted by atomic mass is 35.5. The fourth-order valence-corrected chi connectivity index (χ4v) is 2.63. The van der Waals surface area contributed by atoms with Crippen LogP contribution in [0.3, 0.4) is 0 Å². The third-order valence-electron chi connectivity index (χ3n) is 3.31. The summed E-state index contributed by atoms with van der Waals surface area (Å²) in [7, 11) is 3.35. The van der Waals surface area contributed by atoms with E-state index in [0.29, 0.717) is 0 Å². The van der Waals surface area contributed by atoms with Crippen LogP contribution in [0.4, 0.5) is 0 Å². The van der Waals surface area contributed by atoms with Crippen molar-refractivity contribution in [3.63, 3.8) is 0 Å². The molecule has 98 valence electrons. The van der Waals surface area contributed by atoms with Gasteiger partial charge in [0, 0.05) is 11.6 Å². The summed E-state index contributed by atoms with van der Waals surface area (Å²) in [6.07, 6.45) is 6.66. The van der Waals surface area contributed by atoms with Crippen LogP contribution in [0.2, 0.25) is 0 Å². The molecule has 0 saturated heterocycles. The van der Waals surface area contributed by atoms with Gasteiger partial charge in [-0.15, -0.1) is 11.6 Å². The van der Waals surface area contributed by atoms with E-state index in [1.807, 2.05) is 12.1 Å². The van der Waals surface area contributed by atoms with Gasteiger partial charge in [0.25, 0.3) is 0 Å². The van der Waals surface area contributed by atoms with Crippen molar-refractivity contribution in [2.45, 2.75) is 31.1 Å². The number of allylic oxidation sites excluding steroid dienone is 2. The maximum Gasteiger partial charge on any atom is 0.130 e. The molecule has 1 atom stereocenters. The number of halogens is 1. The van der Waals surface area contributed by atoms with Crippen LogP contribution in [0.1, 0.15) is 31.2 Å². The summed E-state index contributed by atoms with van der Waals surface area (Å²) in [5.41, 5.74) is 2.41. The third kappa shape index (κ3) is 2.99. The molecule has 0 saturated carbocycles. The Morgan fingerprint density at radius 2 is 2.00 bits per heavy atom. The number of benzene rings is 1. The Labute approximate surface area is 114 Å². The molecule has 1 aliphatic rings. The molecule has 0 amide bonds. The third-order valence-corrected chi connectivity index (χ3v) is 3.66. The van der Waals surface area contributed by atoms with E-state index in [-0.39, 0.29) is 5.38 Å². The van der Waals surface area contributed by atoms with E-state index in [0.717, 1.165) is 29.9 Å². The fourth-order valence-electron chi connectivity index (χ4n) is 2.33. The second-order valence-electron chi connectivity index (χ2n) is 4.52. The maximum atomic E-state index is 6.28. The van der Waals surface area contributed by atoms with E-state index in [9.17, 15) is 0 Å². The lowest BCUT2D eigenvalue weighted by Gasteiger charge is -2.13. The van der Waals surface area contributed by atoms with E-state index < -0.39 is 0 Å². The van der Waals surface area contributed by atoms with Crippen molar-refractivity contribution in [2.24, 2.45) is 0 Å². The van der Waals surface area contributed by atoms with Gasteiger partial charge in [0.1, 0.15) is 11.5 Å². The van der Waals surface area contributed by atoms with Crippen molar-refractivity contribution in [2.75, 3.05) is 14.2 Å². The van der Waals surface area contributed by atoms with Gasteiger partial charge < -0.3 is 9.47 Å². The molecule has 0 radical (unpaired) electrons. The van der Waals surface area contributed by atoms with Crippen molar-refractivity contribution >= 4 is 17.2 Å². The Morgan fingerprint density at radius 1 is 1.17 bits per heavy atom. The predicted molar refractivity (Wildman–Crippen MR) is 75.6 cm³/mol. The Morgan fingerprint density at radius 3 is 2.72 bits per heavy atom. The first-order valence-electron chi connectivity index (χ1n) is 6.31. The molecule has 0 bridgehead atoms. The largest absolute Gasteiger partial charge is 0.497 e. The summed E-state index contributed by atoms with van der Waals surface area (Å²) in [6.45, 7) is 0. The molecule has 0 aromatic heterocycles. The molecule has 3 heteroatoms. The minimum Gasteiger partial charge on any atom is -0.497 e. The van der Waals surface area contributed by atoms with Gasteiger partial charge in [-0.25, -0.2) is 0 Å². The first-order valence-corrected chi connectivity index (χ1v) is 6.75. The Bertz CT molecular complexity index is 440.